The van der Waals surface area contributed by atoms with Crippen molar-refractivity contribution in [2.24, 2.45) is 5.92 Å². The Morgan fingerprint density at radius 1 is 1.13 bits per heavy atom. The standard InChI is InChI=1S/C23H27FN2O5/c1-13(2)20(22(27)28)25-23(29)26-10-9-15-11-18(30-3)19(31-4)12-17(15)21(26)14-5-7-16(24)8-6-14/h5-8,11-13,20-21H,9-10H2,1-4H3,(H,25,29)(H,27,28)/t20-,21+/m0/s1. The molecule has 0 fully saturated rings. The Morgan fingerprint density at radius 2 is 1.74 bits per heavy atom. The SMILES string of the molecule is COc1cc2c(cc1OC)[C@@H](c1ccc(F)cc1)N(C(=O)N[C@H](C(=O)O)C(C)C)CC2. The molecule has 0 bridgehead atoms. The number of benzene rings is 2. The molecule has 0 unspecified atom stereocenters. The van der Waals surface area contributed by atoms with Gasteiger partial charge in [-0.25, -0.2) is 14.0 Å². The van der Waals surface area contributed by atoms with Crippen LogP contribution in [0.25, 0.3) is 0 Å². The van der Waals surface area contributed by atoms with Crippen LogP contribution in [0.1, 0.15) is 36.6 Å². The topological polar surface area (TPSA) is 88.1 Å². The molecule has 2 amide bonds. The van der Waals surface area contributed by atoms with Crippen molar-refractivity contribution >= 4 is 12.0 Å². The van der Waals surface area contributed by atoms with E-state index in [1.165, 1.54) is 19.2 Å². The van der Waals surface area contributed by atoms with E-state index in [9.17, 15) is 19.1 Å². The van der Waals surface area contributed by atoms with Crippen LogP contribution in [-0.4, -0.2) is 48.8 Å². The summed E-state index contributed by atoms with van der Waals surface area (Å²) in [6.45, 7) is 3.83. The first-order valence-corrected chi connectivity index (χ1v) is 10.1. The van der Waals surface area contributed by atoms with Crippen LogP contribution >= 0.6 is 0 Å². The quantitative estimate of drug-likeness (QED) is 0.731. The highest BCUT2D eigenvalue weighted by Crippen LogP contribution is 2.41. The Hall–Kier alpha value is -3.29. The molecule has 0 saturated heterocycles. The summed E-state index contributed by atoms with van der Waals surface area (Å²) in [5.41, 5.74) is 2.51. The summed E-state index contributed by atoms with van der Waals surface area (Å²) in [5.74, 6) is -0.657. The molecular formula is C23H27FN2O5. The number of carboxylic acid groups (broad SMARTS) is 1. The zero-order valence-corrected chi connectivity index (χ0v) is 18.0. The van der Waals surface area contributed by atoms with Crippen LogP contribution in [0.4, 0.5) is 9.18 Å². The van der Waals surface area contributed by atoms with Crippen molar-refractivity contribution < 1.29 is 28.6 Å². The first kappa shape index (κ1) is 22.4. The molecule has 3 rings (SSSR count). The third-order valence-corrected chi connectivity index (χ3v) is 5.53. The Morgan fingerprint density at radius 3 is 2.29 bits per heavy atom. The van der Waals surface area contributed by atoms with Gasteiger partial charge in [0.25, 0.3) is 0 Å². The van der Waals surface area contributed by atoms with Gasteiger partial charge in [-0.1, -0.05) is 26.0 Å². The van der Waals surface area contributed by atoms with Gasteiger partial charge < -0.3 is 24.8 Å². The fourth-order valence-corrected chi connectivity index (χ4v) is 3.90. The van der Waals surface area contributed by atoms with E-state index in [4.69, 9.17) is 9.47 Å². The van der Waals surface area contributed by atoms with Crippen LogP contribution in [0.2, 0.25) is 0 Å². The summed E-state index contributed by atoms with van der Waals surface area (Å²) in [6, 6.07) is 7.59. The minimum Gasteiger partial charge on any atom is -0.493 e. The van der Waals surface area contributed by atoms with Gasteiger partial charge in [0.1, 0.15) is 11.9 Å². The number of ether oxygens (including phenoxy) is 2. The number of rotatable bonds is 6. The number of methoxy groups -OCH3 is 2. The average molecular weight is 430 g/mol. The molecule has 166 valence electrons. The van der Waals surface area contributed by atoms with Gasteiger partial charge in [0, 0.05) is 6.54 Å². The van der Waals surface area contributed by atoms with Gasteiger partial charge in [-0.2, -0.15) is 0 Å². The molecule has 1 heterocycles. The van der Waals surface area contributed by atoms with Crippen molar-refractivity contribution in [2.45, 2.75) is 32.4 Å². The molecule has 0 aromatic heterocycles. The molecular weight excluding hydrogens is 403 g/mol. The Labute approximate surface area is 180 Å². The Balaban J connectivity index is 2.06. The molecule has 1 aliphatic rings. The molecule has 1 aliphatic heterocycles. The molecule has 31 heavy (non-hydrogen) atoms. The zero-order chi connectivity index (χ0) is 22.7. The molecule has 2 N–H and O–H groups in total. The summed E-state index contributed by atoms with van der Waals surface area (Å²) < 4.78 is 24.4. The highest BCUT2D eigenvalue weighted by atomic mass is 19.1. The summed E-state index contributed by atoms with van der Waals surface area (Å²) in [4.78, 5) is 26.4. The highest BCUT2D eigenvalue weighted by molar-refractivity contribution is 5.83. The van der Waals surface area contributed by atoms with Crippen molar-refractivity contribution in [1.82, 2.24) is 10.2 Å². The predicted octanol–water partition coefficient (Wildman–Crippen LogP) is 3.61. The number of aliphatic carboxylic acids is 1. The minimum atomic E-state index is -1.09. The van der Waals surface area contributed by atoms with Crippen LogP contribution in [0, 0.1) is 11.7 Å². The summed E-state index contributed by atoms with van der Waals surface area (Å²) in [7, 11) is 3.09. The van der Waals surface area contributed by atoms with Gasteiger partial charge in [0.15, 0.2) is 11.5 Å². The molecule has 0 saturated carbocycles. The van der Waals surface area contributed by atoms with Gasteiger partial charge in [0.2, 0.25) is 0 Å². The number of amides is 2. The fourth-order valence-electron chi connectivity index (χ4n) is 3.90. The van der Waals surface area contributed by atoms with E-state index in [0.29, 0.717) is 30.0 Å². The van der Waals surface area contributed by atoms with E-state index in [1.54, 1.807) is 38.0 Å². The van der Waals surface area contributed by atoms with Crippen molar-refractivity contribution in [3.63, 3.8) is 0 Å². The fraction of sp³-hybridized carbons (Fsp3) is 0.391. The Kier molecular flexibility index (Phi) is 6.68. The molecule has 2 aromatic rings. The van der Waals surface area contributed by atoms with Gasteiger partial charge in [-0.05, 0) is 53.3 Å². The lowest BCUT2D eigenvalue weighted by Crippen LogP contribution is -2.52. The van der Waals surface area contributed by atoms with Crippen molar-refractivity contribution in [2.75, 3.05) is 20.8 Å². The number of carbonyl (C=O) groups is 2. The van der Waals surface area contributed by atoms with E-state index < -0.39 is 24.1 Å². The number of carbonyl (C=O) groups excluding carboxylic acids is 1. The lowest BCUT2D eigenvalue weighted by Gasteiger charge is -2.38. The number of fused-ring (bicyclic) bond motifs is 1. The predicted molar refractivity (Wildman–Crippen MR) is 113 cm³/mol. The Bertz CT molecular complexity index is 961. The number of nitrogens with zero attached hydrogens (tertiary/aromatic N) is 1. The lowest BCUT2D eigenvalue weighted by atomic mass is 9.87. The van der Waals surface area contributed by atoms with Gasteiger partial charge >= 0.3 is 12.0 Å². The van der Waals surface area contributed by atoms with E-state index in [2.05, 4.69) is 5.32 Å². The zero-order valence-electron chi connectivity index (χ0n) is 18.0. The molecule has 2 aromatic carbocycles. The maximum Gasteiger partial charge on any atom is 0.326 e. The normalized spacial score (nSPS) is 16.5. The smallest absolute Gasteiger partial charge is 0.326 e. The average Bonchev–Trinajstić information content (AvgIpc) is 2.75. The van der Waals surface area contributed by atoms with Crippen LogP contribution < -0.4 is 14.8 Å². The van der Waals surface area contributed by atoms with E-state index in [1.807, 2.05) is 12.1 Å². The second kappa shape index (κ2) is 9.24. The summed E-state index contributed by atoms with van der Waals surface area (Å²) in [5, 5.41) is 12.1. The number of carboxylic acids is 1. The van der Waals surface area contributed by atoms with Gasteiger partial charge in [0.05, 0.1) is 20.3 Å². The van der Waals surface area contributed by atoms with E-state index >= 15 is 0 Å². The number of hydrogen-bond acceptors (Lipinski definition) is 4. The van der Waals surface area contributed by atoms with Crippen LogP contribution in [-0.2, 0) is 11.2 Å². The maximum atomic E-state index is 13.6. The third-order valence-electron chi connectivity index (χ3n) is 5.53. The first-order chi connectivity index (χ1) is 14.8. The number of halogens is 1. The number of urea groups is 1. The van der Waals surface area contributed by atoms with Crippen LogP contribution in [0.5, 0.6) is 11.5 Å². The largest absolute Gasteiger partial charge is 0.493 e. The number of nitrogens with one attached hydrogen (secondary N) is 1. The van der Waals surface area contributed by atoms with E-state index in [0.717, 1.165) is 11.1 Å². The molecule has 0 aliphatic carbocycles. The first-order valence-electron chi connectivity index (χ1n) is 10.1. The van der Waals surface area contributed by atoms with Crippen molar-refractivity contribution in [3.8, 4) is 11.5 Å². The van der Waals surface area contributed by atoms with Crippen LogP contribution in [0.3, 0.4) is 0 Å². The van der Waals surface area contributed by atoms with Crippen LogP contribution in [0.15, 0.2) is 36.4 Å². The monoisotopic (exact) mass is 430 g/mol. The highest BCUT2D eigenvalue weighted by Gasteiger charge is 2.35. The molecule has 2 atom stereocenters. The molecule has 7 nitrogen and oxygen atoms in total. The third kappa shape index (κ3) is 4.57. The summed E-state index contributed by atoms with van der Waals surface area (Å²) >= 11 is 0. The molecule has 0 radical (unpaired) electrons. The summed E-state index contributed by atoms with van der Waals surface area (Å²) in [6.07, 6.45) is 0.556. The molecule has 8 heteroatoms. The molecule has 0 spiro atoms. The second-order valence-electron chi connectivity index (χ2n) is 7.81. The van der Waals surface area contributed by atoms with Gasteiger partial charge in [-0.3, -0.25) is 0 Å². The second-order valence-corrected chi connectivity index (χ2v) is 7.81. The van der Waals surface area contributed by atoms with Crippen molar-refractivity contribution in [3.05, 3.63) is 58.9 Å². The van der Waals surface area contributed by atoms with E-state index in [-0.39, 0.29) is 11.7 Å². The number of hydrogen-bond donors (Lipinski definition) is 2. The van der Waals surface area contributed by atoms with Gasteiger partial charge in [-0.15, -0.1) is 0 Å². The minimum absolute atomic E-state index is 0.285. The maximum absolute atomic E-state index is 13.6. The van der Waals surface area contributed by atoms with Crippen molar-refractivity contribution in [1.29, 1.82) is 0 Å². The lowest BCUT2D eigenvalue weighted by molar-refractivity contribution is -0.140.